The number of anilines is 1. The van der Waals surface area contributed by atoms with E-state index in [-0.39, 0.29) is 47.2 Å². The lowest BCUT2D eigenvalue weighted by Gasteiger charge is -2.37. The van der Waals surface area contributed by atoms with Crippen LogP contribution in [0.1, 0.15) is 19.4 Å². The van der Waals surface area contributed by atoms with Gasteiger partial charge in [0.25, 0.3) is 0 Å². The quantitative estimate of drug-likeness (QED) is 0.333. The van der Waals surface area contributed by atoms with Crippen molar-refractivity contribution in [1.29, 1.82) is 0 Å². The maximum Gasteiger partial charge on any atom is 0.417 e. The molecular weight excluding hydrogens is 585 g/mol. The van der Waals surface area contributed by atoms with Crippen molar-refractivity contribution in [2.45, 2.75) is 49.7 Å². The summed E-state index contributed by atoms with van der Waals surface area (Å²) in [5, 5.41) is 5.64. The number of hydrogen-bond donors (Lipinski definition) is 1. The van der Waals surface area contributed by atoms with Crippen LogP contribution in [0.25, 0.3) is 21.3 Å². The normalized spacial score (nSPS) is 21.4. The number of benzene rings is 1. The Bertz CT molecular complexity index is 1620. The minimum atomic E-state index is -4.67. The second-order valence-corrected chi connectivity index (χ2v) is 12.3. The van der Waals surface area contributed by atoms with Gasteiger partial charge in [0.2, 0.25) is 0 Å². The summed E-state index contributed by atoms with van der Waals surface area (Å²) in [7, 11) is 0. The molecule has 0 amide bonds. The molecule has 2 aliphatic heterocycles. The topological polar surface area (TPSA) is 85.2 Å². The molecule has 4 aromatic rings. The van der Waals surface area contributed by atoms with Gasteiger partial charge in [-0.05, 0) is 32.0 Å². The summed E-state index contributed by atoms with van der Waals surface area (Å²) in [4.78, 5) is 28.8. The second-order valence-electron chi connectivity index (χ2n) is 9.94. The van der Waals surface area contributed by atoms with E-state index in [1.807, 2.05) is 18.7 Å². The Hall–Kier alpha value is -2.87. The molecule has 0 saturated carbocycles. The molecule has 1 saturated heterocycles. The average Bonchev–Trinajstić information content (AvgIpc) is 3.23. The van der Waals surface area contributed by atoms with Crippen LogP contribution in [0.15, 0.2) is 45.7 Å². The zero-order valence-corrected chi connectivity index (χ0v) is 23.8. The van der Waals surface area contributed by atoms with E-state index in [1.54, 1.807) is 11.4 Å². The monoisotopic (exact) mass is 608 g/mol. The van der Waals surface area contributed by atoms with Gasteiger partial charge in [0.1, 0.15) is 11.9 Å². The Labute approximate surface area is 240 Å². The maximum atomic E-state index is 14.8. The summed E-state index contributed by atoms with van der Waals surface area (Å²) in [6.07, 6.45) is -2.20. The molecule has 1 N–H and O–H groups in total. The number of piperazine rings is 1. The van der Waals surface area contributed by atoms with Gasteiger partial charge in [-0.3, -0.25) is 4.57 Å². The zero-order chi connectivity index (χ0) is 28.2. The van der Waals surface area contributed by atoms with Gasteiger partial charge < -0.3 is 15.0 Å². The summed E-state index contributed by atoms with van der Waals surface area (Å²) in [6, 6.07) is 4.56. The largest absolute Gasteiger partial charge is 0.457 e. The van der Waals surface area contributed by atoms with E-state index in [9.17, 15) is 18.0 Å². The van der Waals surface area contributed by atoms with Crippen LogP contribution in [0.2, 0.25) is 5.02 Å². The molecular formula is C26H24ClF3N6O2S2. The highest BCUT2D eigenvalue weighted by Crippen LogP contribution is 2.49. The van der Waals surface area contributed by atoms with Gasteiger partial charge in [0, 0.05) is 69.4 Å². The summed E-state index contributed by atoms with van der Waals surface area (Å²) in [5.74, 6) is 0.518. The number of rotatable bonds is 4. The van der Waals surface area contributed by atoms with Gasteiger partial charge >= 0.3 is 17.9 Å². The fourth-order valence-corrected chi connectivity index (χ4v) is 7.81. The third-order valence-corrected chi connectivity index (χ3v) is 9.31. The molecule has 40 heavy (non-hydrogen) atoms. The molecule has 0 spiro atoms. The maximum absolute atomic E-state index is 14.8. The first-order chi connectivity index (χ1) is 19.1. The summed E-state index contributed by atoms with van der Waals surface area (Å²) in [5.41, 5.74) is -0.934. The number of thioether (sulfide) groups is 1. The van der Waals surface area contributed by atoms with Crippen LogP contribution >= 0.6 is 34.7 Å². The number of halogens is 4. The van der Waals surface area contributed by atoms with Gasteiger partial charge in [-0.2, -0.15) is 18.2 Å². The van der Waals surface area contributed by atoms with Crippen molar-refractivity contribution >= 4 is 51.4 Å². The van der Waals surface area contributed by atoms with Gasteiger partial charge in [0.15, 0.2) is 0 Å². The number of alkyl halides is 3. The lowest BCUT2D eigenvalue weighted by Crippen LogP contribution is -2.55. The van der Waals surface area contributed by atoms with Crippen LogP contribution in [-0.2, 0) is 12.7 Å². The second kappa shape index (κ2) is 10.5. The molecule has 210 valence electrons. The Balaban J connectivity index is 1.62. The van der Waals surface area contributed by atoms with Gasteiger partial charge in [-0.25, -0.2) is 14.8 Å². The van der Waals surface area contributed by atoms with Gasteiger partial charge in [-0.1, -0.05) is 11.6 Å². The lowest BCUT2D eigenvalue weighted by atomic mass is 10.0. The third-order valence-electron chi connectivity index (χ3n) is 6.79. The Kier molecular flexibility index (Phi) is 7.18. The molecule has 6 rings (SSSR count). The molecule has 0 bridgehead atoms. The van der Waals surface area contributed by atoms with Crippen molar-refractivity contribution in [2.24, 2.45) is 0 Å². The van der Waals surface area contributed by atoms with Crippen LogP contribution in [-0.4, -0.2) is 56.5 Å². The summed E-state index contributed by atoms with van der Waals surface area (Å²) < 4.78 is 51.7. The van der Waals surface area contributed by atoms with Crippen molar-refractivity contribution in [3.8, 4) is 16.5 Å². The Morgan fingerprint density at radius 3 is 2.50 bits per heavy atom. The first-order valence-corrected chi connectivity index (χ1v) is 14.8. The minimum Gasteiger partial charge on any atom is -0.457 e. The van der Waals surface area contributed by atoms with Crippen LogP contribution in [0, 0.1) is 0 Å². The Morgan fingerprint density at radius 1 is 1.12 bits per heavy atom. The van der Waals surface area contributed by atoms with Crippen molar-refractivity contribution in [1.82, 2.24) is 24.8 Å². The van der Waals surface area contributed by atoms with Crippen molar-refractivity contribution in [3.63, 3.8) is 0 Å². The number of nitrogens with one attached hydrogen (secondary N) is 1. The molecule has 0 radical (unpaired) electrons. The predicted molar refractivity (Wildman–Crippen MR) is 151 cm³/mol. The SMILES string of the molecule is C[C@@H]1CN(c2nc(=O)n3c4c(c(-c5cc(Cl)cs5)c(C(F)(F)F)cc24)SC[C@@H](Oc2ncccn2)C3)C[C@H](C)N1. The molecule has 8 nitrogen and oxygen atoms in total. The predicted octanol–water partition coefficient (Wildman–Crippen LogP) is 5.33. The highest BCUT2D eigenvalue weighted by Gasteiger charge is 2.39. The fourth-order valence-electron chi connectivity index (χ4n) is 5.36. The molecule has 14 heteroatoms. The lowest BCUT2D eigenvalue weighted by molar-refractivity contribution is -0.137. The highest BCUT2D eigenvalue weighted by molar-refractivity contribution is 7.99. The van der Waals surface area contributed by atoms with Crippen molar-refractivity contribution in [2.75, 3.05) is 23.7 Å². The molecule has 3 aromatic heterocycles. The standard InChI is InChI=1S/C26H24ClF3N6O2S2/c1-13-8-35(9-14(2)33-13)23-17-7-18(26(28,29)30)20(19-6-15(27)11-39-19)22-21(17)36(25(37)34-23)10-16(12-40-22)38-24-31-4-3-5-32-24/h3-7,11,13-14,16,33H,8-10,12H2,1-2H3/t13-,14+,16-/m0/s1. The van der Waals surface area contributed by atoms with Crippen molar-refractivity contribution in [3.05, 3.63) is 57.0 Å². The molecule has 0 unspecified atom stereocenters. The van der Waals surface area contributed by atoms with E-state index in [4.69, 9.17) is 16.3 Å². The van der Waals surface area contributed by atoms with E-state index in [2.05, 4.69) is 20.3 Å². The molecule has 3 atom stereocenters. The van der Waals surface area contributed by atoms with Crippen LogP contribution in [0.5, 0.6) is 6.01 Å². The molecule has 0 aliphatic carbocycles. The summed E-state index contributed by atoms with van der Waals surface area (Å²) >= 11 is 8.52. The number of aromatic nitrogens is 4. The molecule has 1 aromatic carbocycles. The van der Waals surface area contributed by atoms with E-state index < -0.39 is 23.5 Å². The van der Waals surface area contributed by atoms with E-state index >= 15 is 0 Å². The van der Waals surface area contributed by atoms with Gasteiger partial charge in [0.05, 0.1) is 22.6 Å². The first-order valence-electron chi connectivity index (χ1n) is 12.6. The Morgan fingerprint density at radius 2 is 1.85 bits per heavy atom. The highest BCUT2D eigenvalue weighted by atomic mass is 35.5. The third kappa shape index (κ3) is 5.15. The molecule has 1 fully saturated rings. The fraction of sp³-hybridized carbons (Fsp3) is 0.385. The summed E-state index contributed by atoms with van der Waals surface area (Å²) in [6.45, 7) is 5.06. The van der Waals surface area contributed by atoms with Crippen LogP contribution < -0.4 is 20.6 Å². The number of hydrogen-bond acceptors (Lipinski definition) is 9. The van der Waals surface area contributed by atoms with E-state index in [0.29, 0.717) is 33.4 Å². The van der Waals surface area contributed by atoms with Crippen molar-refractivity contribution < 1.29 is 17.9 Å². The zero-order valence-electron chi connectivity index (χ0n) is 21.4. The number of thiophene rings is 1. The van der Waals surface area contributed by atoms with Crippen LogP contribution in [0.4, 0.5) is 19.0 Å². The smallest absolute Gasteiger partial charge is 0.417 e. The average molecular weight is 609 g/mol. The van der Waals surface area contributed by atoms with E-state index in [1.165, 1.54) is 34.8 Å². The number of nitrogens with zero attached hydrogens (tertiary/aromatic N) is 5. The first kappa shape index (κ1) is 27.3. The van der Waals surface area contributed by atoms with Crippen LogP contribution in [0.3, 0.4) is 0 Å². The van der Waals surface area contributed by atoms with E-state index in [0.717, 1.165) is 17.4 Å². The molecule has 5 heterocycles. The number of ether oxygens (including phenoxy) is 1. The van der Waals surface area contributed by atoms with Gasteiger partial charge in [-0.15, -0.1) is 23.1 Å². The molecule has 2 aliphatic rings. The minimum absolute atomic E-state index is 0.00542.